The Morgan fingerprint density at radius 1 is 1.14 bits per heavy atom. The summed E-state index contributed by atoms with van der Waals surface area (Å²) in [5.74, 6) is 0.304. The number of nitrogens with two attached hydrogens (primary N) is 1. The molecular weight excluding hydrogens is 271 g/mol. The van der Waals surface area contributed by atoms with Crippen molar-refractivity contribution in [3.8, 4) is 11.5 Å². The maximum Gasteiger partial charge on any atom is 0.173 e. The van der Waals surface area contributed by atoms with Gasteiger partial charge in [0.15, 0.2) is 5.84 Å². The van der Waals surface area contributed by atoms with Crippen molar-refractivity contribution in [1.29, 1.82) is 0 Å². The highest BCUT2D eigenvalue weighted by Crippen LogP contribution is 2.31. The Labute approximate surface area is 122 Å². The molecule has 21 heavy (non-hydrogen) atoms. The van der Waals surface area contributed by atoms with Crippen LogP contribution >= 0.6 is 0 Å². The van der Waals surface area contributed by atoms with Gasteiger partial charge in [-0.2, -0.15) is 0 Å². The first-order chi connectivity index (χ1) is 9.92. The van der Waals surface area contributed by atoms with E-state index in [-0.39, 0.29) is 11.4 Å². The van der Waals surface area contributed by atoms with Gasteiger partial charge >= 0.3 is 0 Å². The average molecular weight is 288 g/mol. The van der Waals surface area contributed by atoms with E-state index in [1.54, 1.807) is 0 Å². The molecule has 0 saturated carbocycles. The lowest BCUT2D eigenvalue weighted by Crippen LogP contribution is -2.14. The molecule has 2 rings (SSSR count). The molecule has 0 spiro atoms. The number of halogens is 1. The fraction of sp³-hybridized carbons (Fsp3) is 0.188. The molecule has 0 heterocycles. The Bertz CT molecular complexity index is 712. The molecule has 3 N–H and O–H groups in total. The fourth-order valence-corrected chi connectivity index (χ4v) is 2.07. The molecule has 0 bridgehead atoms. The minimum absolute atomic E-state index is 0.202. The summed E-state index contributed by atoms with van der Waals surface area (Å²) in [7, 11) is 0. The second-order valence-corrected chi connectivity index (χ2v) is 4.93. The summed E-state index contributed by atoms with van der Waals surface area (Å²) in [5, 5.41) is 11.7. The summed E-state index contributed by atoms with van der Waals surface area (Å²) < 4.78 is 19.2. The lowest BCUT2D eigenvalue weighted by molar-refractivity contribution is 0.318. The number of ether oxygens (including phenoxy) is 1. The van der Waals surface area contributed by atoms with Crippen LogP contribution in [0.1, 0.15) is 22.3 Å². The van der Waals surface area contributed by atoms with E-state index >= 15 is 0 Å². The van der Waals surface area contributed by atoms with Crippen molar-refractivity contribution in [2.24, 2.45) is 10.9 Å². The van der Waals surface area contributed by atoms with Crippen molar-refractivity contribution in [2.75, 3.05) is 0 Å². The van der Waals surface area contributed by atoms with Gasteiger partial charge in [-0.05, 0) is 61.7 Å². The number of hydrogen-bond acceptors (Lipinski definition) is 3. The summed E-state index contributed by atoms with van der Waals surface area (Å²) in [6, 6.07) is 7.84. The van der Waals surface area contributed by atoms with E-state index in [0.29, 0.717) is 11.5 Å². The molecule has 0 atom stereocenters. The molecule has 2 aromatic rings. The van der Waals surface area contributed by atoms with Crippen LogP contribution in [-0.2, 0) is 0 Å². The molecule has 110 valence electrons. The molecule has 0 fully saturated rings. The van der Waals surface area contributed by atoms with Crippen LogP contribution in [0.15, 0.2) is 35.5 Å². The number of oxime groups is 1. The number of benzene rings is 2. The van der Waals surface area contributed by atoms with Crippen molar-refractivity contribution < 1.29 is 14.3 Å². The van der Waals surface area contributed by atoms with Crippen molar-refractivity contribution in [1.82, 2.24) is 0 Å². The van der Waals surface area contributed by atoms with Crippen LogP contribution in [0, 0.1) is 26.6 Å². The van der Waals surface area contributed by atoms with E-state index in [4.69, 9.17) is 15.7 Å². The van der Waals surface area contributed by atoms with Gasteiger partial charge in [0, 0.05) is 0 Å². The predicted molar refractivity (Wildman–Crippen MR) is 79.6 cm³/mol. The third-order valence-electron chi connectivity index (χ3n) is 3.31. The van der Waals surface area contributed by atoms with Gasteiger partial charge in [0.2, 0.25) is 0 Å². The zero-order chi connectivity index (χ0) is 15.6. The average Bonchev–Trinajstić information content (AvgIpc) is 2.45. The third kappa shape index (κ3) is 3.13. The highest BCUT2D eigenvalue weighted by Gasteiger charge is 2.13. The molecule has 0 radical (unpaired) electrons. The topological polar surface area (TPSA) is 67.8 Å². The molecule has 4 nitrogen and oxygen atoms in total. The maximum absolute atomic E-state index is 13.3. The van der Waals surface area contributed by atoms with Crippen LogP contribution in [0.3, 0.4) is 0 Å². The van der Waals surface area contributed by atoms with E-state index in [0.717, 1.165) is 16.7 Å². The van der Waals surface area contributed by atoms with E-state index in [1.807, 2.05) is 26.8 Å². The number of aryl methyl sites for hydroxylation is 2. The maximum atomic E-state index is 13.3. The lowest BCUT2D eigenvalue weighted by Gasteiger charge is -2.14. The smallest absolute Gasteiger partial charge is 0.173 e. The van der Waals surface area contributed by atoms with Crippen LogP contribution in [0.2, 0.25) is 0 Å². The second kappa shape index (κ2) is 5.83. The van der Waals surface area contributed by atoms with Gasteiger partial charge in [-0.25, -0.2) is 4.39 Å². The molecular formula is C16H17FN2O2. The zero-order valence-corrected chi connectivity index (χ0v) is 12.1. The van der Waals surface area contributed by atoms with Gasteiger partial charge in [-0.1, -0.05) is 11.2 Å². The first-order valence-electron chi connectivity index (χ1n) is 6.45. The number of hydrogen-bond donors (Lipinski definition) is 2. The largest absolute Gasteiger partial charge is 0.456 e. The van der Waals surface area contributed by atoms with Crippen LogP contribution in [-0.4, -0.2) is 11.0 Å². The predicted octanol–water partition coefficient (Wildman–Crippen LogP) is 3.64. The van der Waals surface area contributed by atoms with E-state index < -0.39 is 5.82 Å². The van der Waals surface area contributed by atoms with E-state index in [9.17, 15) is 4.39 Å². The van der Waals surface area contributed by atoms with Crippen molar-refractivity contribution >= 4 is 5.84 Å². The quantitative estimate of drug-likeness (QED) is 0.392. The van der Waals surface area contributed by atoms with E-state index in [1.165, 1.54) is 18.2 Å². The first-order valence-corrected chi connectivity index (χ1v) is 6.45. The minimum atomic E-state index is -0.485. The van der Waals surface area contributed by atoms with Crippen LogP contribution in [0.25, 0.3) is 0 Å². The standard InChI is InChI=1S/C16H17FN2O2/c1-9-6-10(2)11(3)15(7-9)21-14-5-4-12(17)8-13(14)16(18)19-20/h4-8,20H,1-3H3,(H2,18,19). The Balaban J connectivity index is 2.50. The molecule has 0 aliphatic heterocycles. The first kappa shape index (κ1) is 14.8. The van der Waals surface area contributed by atoms with Crippen molar-refractivity contribution in [3.05, 3.63) is 58.4 Å². The van der Waals surface area contributed by atoms with E-state index in [2.05, 4.69) is 11.2 Å². The Hall–Kier alpha value is -2.56. The Morgan fingerprint density at radius 2 is 1.86 bits per heavy atom. The zero-order valence-electron chi connectivity index (χ0n) is 12.1. The normalized spacial score (nSPS) is 11.5. The van der Waals surface area contributed by atoms with Gasteiger partial charge in [-0.15, -0.1) is 0 Å². The SMILES string of the molecule is Cc1cc(C)c(C)c(Oc2ccc(F)cc2C(N)=NO)c1. The Morgan fingerprint density at radius 3 is 2.52 bits per heavy atom. The number of nitrogens with zero attached hydrogens (tertiary/aromatic N) is 1. The second-order valence-electron chi connectivity index (χ2n) is 4.93. The van der Waals surface area contributed by atoms with Gasteiger partial charge in [0.1, 0.15) is 17.3 Å². The fourth-order valence-electron chi connectivity index (χ4n) is 2.07. The van der Waals surface area contributed by atoms with Crippen LogP contribution in [0.5, 0.6) is 11.5 Å². The van der Waals surface area contributed by atoms with Crippen molar-refractivity contribution in [3.63, 3.8) is 0 Å². The number of rotatable bonds is 3. The van der Waals surface area contributed by atoms with Crippen molar-refractivity contribution in [2.45, 2.75) is 20.8 Å². The van der Waals surface area contributed by atoms with Crippen LogP contribution < -0.4 is 10.5 Å². The molecule has 2 aromatic carbocycles. The summed E-state index contributed by atoms with van der Waals surface area (Å²) in [6.07, 6.45) is 0. The molecule has 5 heteroatoms. The summed E-state index contributed by atoms with van der Waals surface area (Å²) in [4.78, 5) is 0. The van der Waals surface area contributed by atoms with Crippen LogP contribution in [0.4, 0.5) is 4.39 Å². The van der Waals surface area contributed by atoms with Gasteiger partial charge in [-0.3, -0.25) is 0 Å². The molecule has 0 aromatic heterocycles. The summed E-state index contributed by atoms with van der Waals surface area (Å²) in [6.45, 7) is 5.90. The van der Waals surface area contributed by atoms with Gasteiger partial charge in [0.25, 0.3) is 0 Å². The molecule has 0 aliphatic rings. The van der Waals surface area contributed by atoms with Gasteiger partial charge in [0.05, 0.1) is 5.56 Å². The third-order valence-corrected chi connectivity index (χ3v) is 3.31. The van der Waals surface area contributed by atoms with Gasteiger partial charge < -0.3 is 15.7 Å². The molecule has 0 amide bonds. The molecule has 0 saturated heterocycles. The highest BCUT2D eigenvalue weighted by atomic mass is 19.1. The molecule has 0 aliphatic carbocycles. The summed E-state index contributed by atoms with van der Waals surface area (Å²) in [5.41, 5.74) is 8.91. The number of amidine groups is 1. The lowest BCUT2D eigenvalue weighted by atomic mass is 10.1. The molecule has 0 unspecified atom stereocenters. The Kier molecular flexibility index (Phi) is 4.12. The highest BCUT2D eigenvalue weighted by molar-refractivity contribution is 5.99. The monoisotopic (exact) mass is 288 g/mol. The summed E-state index contributed by atoms with van der Waals surface area (Å²) >= 11 is 0. The minimum Gasteiger partial charge on any atom is -0.456 e.